The number of hydrogen-bond donors (Lipinski definition) is 2. The Morgan fingerprint density at radius 2 is 1.70 bits per heavy atom. The number of nitrogens with one attached hydrogen (secondary N) is 2. The molecule has 0 saturated carbocycles. The summed E-state index contributed by atoms with van der Waals surface area (Å²) in [7, 11) is -0.597. The molecule has 6 nitrogen and oxygen atoms in total. The molecule has 0 fully saturated rings. The highest BCUT2D eigenvalue weighted by molar-refractivity contribution is 7.89. The minimum atomic E-state index is -3.54. The third-order valence-corrected chi connectivity index (χ3v) is 6.02. The minimum absolute atomic E-state index is 0.0532. The Kier molecular flexibility index (Phi) is 7.12. The van der Waals surface area contributed by atoms with E-state index < -0.39 is 10.0 Å². The summed E-state index contributed by atoms with van der Waals surface area (Å²) >= 11 is 0. The smallest absolute Gasteiger partial charge is 0.242 e. The van der Waals surface area contributed by atoms with Crippen molar-refractivity contribution in [1.82, 2.24) is 9.62 Å². The Hall–Kier alpha value is -2.22. The lowest BCUT2D eigenvalue weighted by atomic mass is 9.96. The zero-order chi connectivity index (χ0) is 20.0. The summed E-state index contributed by atoms with van der Waals surface area (Å²) in [5.74, 6) is 0.0877. The van der Waals surface area contributed by atoms with Crippen LogP contribution in [0.1, 0.15) is 25.5 Å². The van der Waals surface area contributed by atoms with E-state index in [2.05, 4.69) is 24.5 Å². The van der Waals surface area contributed by atoms with E-state index in [0.717, 1.165) is 9.87 Å². The van der Waals surface area contributed by atoms with Gasteiger partial charge in [0.2, 0.25) is 15.9 Å². The Labute approximate surface area is 161 Å². The number of anilines is 1. The van der Waals surface area contributed by atoms with Gasteiger partial charge in [0.1, 0.15) is 0 Å². The van der Waals surface area contributed by atoms with Crippen LogP contribution in [-0.2, 0) is 14.8 Å². The second kappa shape index (κ2) is 9.12. The van der Waals surface area contributed by atoms with Gasteiger partial charge in [-0.15, -0.1) is 0 Å². The quantitative estimate of drug-likeness (QED) is 0.728. The van der Waals surface area contributed by atoms with E-state index in [1.807, 2.05) is 30.3 Å². The van der Waals surface area contributed by atoms with Crippen LogP contribution in [0.4, 0.5) is 5.69 Å². The number of nitrogens with zero attached hydrogens (tertiary/aromatic N) is 1. The van der Waals surface area contributed by atoms with Gasteiger partial charge in [-0.25, -0.2) is 12.7 Å². The van der Waals surface area contributed by atoms with Crippen LogP contribution in [-0.4, -0.2) is 39.3 Å². The summed E-state index contributed by atoms with van der Waals surface area (Å²) < 4.78 is 25.6. The number of carbonyl (C=O) groups excluding carboxylic acids is 1. The van der Waals surface area contributed by atoms with Gasteiger partial charge < -0.3 is 10.6 Å². The molecule has 0 aromatic heterocycles. The molecule has 2 aromatic rings. The first-order chi connectivity index (χ1) is 12.7. The van der Waals surface area contributed by atoms with Crippen LogP contribution in [0.15, 0.2) is 59.5 Å². The van der Waals surface area contributed by atoms with Crippen molar-refractivity contribution < 1.29 is 13.2 Å². The van der Waals surface area contributed by atoms with Crippen LogP contribution < -0.4 is 10.6 Å². The lowest BCUT2D eigenvalue weighted by molar-refractivity contribution is -0.115. The topological polar surface area (TPSA) is 78.5 Å². The minimum Gasteiger partial charge on any atom is -0.325 e. The molecule has 0 spiro atoms. The zero-order valence-corrected chi connectivity index (χ0v) is 17.0. The molecule has 146 valence electrons. The SMILES string of the molecule is CC(C)[C@H](NCC(=O)Nc1cccc(S(=O)(=O)N(C)C)c1)c1ccccc1. The monoisotopic (exact) mass is 389 g/mol. The molecule has 0 radical (unpaired) electrons. The number of hydrogen-bond acceptors (Lipinski definition) is 4. The number of benzene rings is 2. The fourth-order valence-electron chi connectivity index (χ4n) is 2.75. The normalized spacial score (nSPS) is 13.0. The average molecular weight is 390 g/mol. The number of rotatable bonds is 8. The predicted molar refractivity (Wildman–Crippen MR) is 108 cm³/mol. The Balaban J connectivity index is 2.03. The van der Waals surface area contributed by atoms with Crippen LogP contribution in [0.25, 0.3) is 0 Å². The molecule has 0 aliphatic carbocycles. The molecule has 2 N–H and O–H groups in total. The van der Waals surface area contributed by atoms with E-state index in [9.17, 15) is 13.2 Å². The van der Waals surface area contributed by atoms with Crippen molar-refractivity contribution >= 4 is 21.6 Å². The third-order valence-electron chi connectivity index (χ3n) is 4.20. The van der Waals surface area contributed by atoms with Gasteiger partial charge in [0.15, 0.2) is 0 Å². The van der Waals surface area contributed by atoms with E-state index >= 15 is 0 Å². The third kappa shape index (κ3) is 5.63. The molecule has 0 aliphatic rings. The van der Waals surface area contributed by atoms with Gasteiger partial charge in [0.25, 0.3) is 0 Å². The van der Waals surface area contributed by atoms with Crippen LogP contribution in [0.5, 0.6) is 0 Å². The van der Waals surface area contributed by atoms with Gasteiger partial charge in [-0.05, 0) is 29.7 Å². The molecule has 0 unspecified atom stereocenters. The highest BCUT2D eigenvalue weighted by Gasteiger charge is 2.19. The number of amides is 1. The molecule has 0 heterocycles. The van der Waals surface area contributed by atoms with E-state index in [0.29, 0.717) is 11.6 Å². The fraction of sp³-hybridized carbons (Fsp3) is 0.350. The van der Waals surface area contributed by atoms with Crippen LogP contribution in [0, 0.1) is 5.92 Å². The summed E-state index contributed by atoms with van der Waals surface area (Å²) in [6.07, 6.45) is 0. The molecule has 1 amide bonds. The first-order valence-electron chi connectivity index (χ1n) is 8.82. The Morgan fingerprint density at radius 1 is 1.04 bits per heavy atom. The molecule has 27 heavy (non-hydrogen) atoms. The Morgan fingerprint density at radius 3 is 2.30 bits per heavy atom. The second-order valence-corrected chi connectivity index (χ2v) is 9.03. The predicted octanol–water partition coefficient (Wildman–Crippen LogP) is 2.86. The maximum absolute atomic E-state index is 12.3. The summed E-state index contributed by atoms with van der Waals surface area (Å²) in [5, 5.41) is 6.03. The van der Waals surface area contributed by atoms with Gasteiger partial charge in [-0.2, -0.15) is 0 Å². The van der Waals surface area contributed by atoms with E-state index in [1.54, 1.807) is 12.1 Å². The number of carbonyl (C=O) groups is 1. The first kappa shape index (κ1) is 21.1. The fourth-order valence-corrected chi connectivity index (χ4v) is 3.70. The summed E-state index contributed by atoms with van der Waals surface area (Å²) in [5.41, 5.74) is 1.57. The molecule has 2 aromatic carbocycles. The van der Waals surface area contributed by atoms with Gasteiger partial charge in [0.05, 0.1) is 11.4 Å². The standard InChI is InChI=1S/C20H27N3O3S/c1-15(2)20(16-9-6-5-7-10-16)21-14-19(24)22-17-11-8-12-18(13-17)27(25,26)23(3)4/h5-13,15,20-21H,14H2,1-4H3,(H,22,24)/t20-/m0/s1. The maximum Gasteiger partial charge on any atom is 0.242 e. The van der Waals surface area contributed by atoms with Crippen molar-refractivity contribution in [2.24, 2.45) is 5.92 Å². The highest BCUT2D eigenvalue weighted by Crippen LogP contribution is 2.21. The zero-order valence-electron chi connectivity index (χ0n) is 16.1. The van der Waals surface area contributed by atoms with E-state index in [4.69, 9.17) is 0 Å². The molecular weight excluding hydrogens is 362 g/mol. The van der Waals surface area contributed by atoms with E-state index in [-0.39, 0.29) is 23.4 Å². The summed E-state index contributed by atoms with van der Waals surface area (Å²) in [6, 6.07) is 16.3. The van der Waals surface area contributed by atoms with Crippen molar-refractivity contribution in [2.45, 2.75) is 24.8 Å². The van der Waals surface area contributed by atoms with Crippen molar-refractivity contribution in [3.8, 4) is 0 Å². The molecule has 7 heteroatoms. The maximum atomic E-state index is 12.3. The molecule has 1 atom stereocenters. The van der Waals surface area contributed by atoms with Crippen molar-refractivity contribution in [3.05, 3.63) is 60.2 Å². The molecule has 0 saturated heterocycles. The van der Waals surface area contributed by atoms with Crippen molar-refractivity contribution in [2.75, 3.05) is 26.0 Å². The molecule has 0 aliphatic heterocycles. The molecule has 2 rings (SSSR count). The van der Waals surface area contributed by atoms with Crippen molar-refractivity contribution in [3.63, 3.8) is 0 Å². The number of sulfonamides is 1. The van der Waals surface area contributed by atoms with Crippen LogP contribution >= 0.6 is 0 Å². The summed E-state index contributed by atoms with van der Waals surface area (Å²) in [4.78, 5) is 12.5. The largest absolute Gasteiger partial charge is 0.325 e. The second-order valence-electron chi connectivity index (χ2n) is 6.88. The van der Waals surface area contributed by atoms with Gasteiger partial charge in [-0.3, -0.25) is 4.79 Å². The Bertz CT molecular complexity index is 865. The van der Waals surface area contributed by atoms with E-state index in [1.165, 1.54) is 26.2 Å². The lowest BCUT2D eigenvalue weighted by Gasteiger charge is -2.22. The average Bonchev–Trinajstić information content (AvgIpc) is 2.62. The molecule has 0 bridgehead atoms. The van der Waals surface area contributed by atoms with Crippen LogP contribution in [0.3, 0.4) is 0 Å². The van der Waals surface area contributed by atoms with Gasteiger partial charge >= 0.3 is 0 Å². The van der Waals surface area contributed by atoms with Crippen LogP contribution in [0.2, 0.25) is 0 Å². The highest BCUT2D eigenvalue weighted by atomic mass is 32.2. The molecular formula is C20H27N3O3S. The van der Waals surface area contributed by atoms with Crippen molar-refractivity contribution in [1.29, 1.82) is 0 Å². The first-order valence-corrected chi connectivity index (χ1v) is 10.3. The van der Waals surface area contributed by atoms with Gasteiger partial charge in [0, 0.05) is 25.8 Å². The summed E-state index contributed by atoms with van der Waals surface area (Å²) in [6.45, 7) is 4.32. The lowest BCUT2D eigenvalue weighted by Crippen LogP contribution is -2.33. The van der Waals surface area contributed by atoms with Gasteiger partial charge in [-0.1, -0.05) is 50.2 Å².